The predicted molar refractivity (Wildman–Crippen MR) is 109 cm³/mol. The highest BCUT2D eigenvalue weighted by molar-refractivity contribution is 5.92. The van der Waals surface area contributed by atoms with Crippen molar-refractivity contribution in [3.05, 3.63) is 83.2 Å². The Labute approximate surface area is 165 Å². The van der Waals surface area contributed by atoms with E-state index in [-0.39, 0.29) is 5.91 Å². The summed E-state index contributed by atoms with van der Waals surface area (Å²) in [6, 6.07) is 19.4. The number of benzene rings is 2. The number of carbonyl (C=O) groups is 1. The van der Waals surface area contributed by atoms with Crippen molar-refractivity contribution in [2.75, 3.05) is 19.1 Å². The van der Waals surface area contributed by atoms with E-state index in [4.69, 9.17) is 4.74 Å². The van der Waals surface area contributed by atoms with Crippen LogP contribution in [0.2, 0.25) is 0 Å². The van der Waals surface area contributed by atoms with Crippen molar-refractivity contribution in [2.45, 2.75) is 20.0 Å². The summed E-state index contributed by atoms with van der Waals surface area (Å²) in [6.45, 7) is 2.94. The van der Waals surface area contributed by atoms with E-state index in [0.29, 0.717) is 24.7 Å². The molecule has 0 aliphatic carbocycles. The van der Waals surface area contributed by atoms with Crippen molar-refractivity contribution in [2.24, 2.45) is 0 Å². The van der Waals surface area contributed by atoms with Gasteiger partial charge in [-0.25, -0.2) is 9.97 Å². The van der Waals surface area contributed by atoms with Gasteiger partial charge < -0.3 is 15.0 Å². The molecule has 1 heterocycles. The quantitative estimate of drug-likeness (QED) is 0.685. The molecule has 6 nitrogen and oxygen atoms in total. The molecule has 28 heavy (non-hydrogen) atoms. The second-order valence-corrected chi connectivity index (χ2v) is 6.57. The molecule has 3 rings (SSSR count). The number of anilines is 1. The Kier molecular flexibility index (Phi) is 6.22. The molecular formula is C22H24N4O2. The van der Waals surface area contributed by atoms with Crippen LogP contribution in [0.4, 0.5) is 5.95 Å². The fraction of sp³-hybridized carbons (Fsp3) is 0.227. The Morgan fingerprint density at radius 1 is 1.04 bits per heavy atom. The summed E-state index contributed by atoms with van der Waals surface area (Å²) in [6.07, 6.45) is 0. The first-order chi connectivity index (χ1) is 13.5. The molecule has 0 atom stereocenters. The lowest BCUT2D eigenvalue weighted by atomic mass is 10.2. The highest BCUT2D eigenvalue weighted by Crippen LogP contribution is 2.14. The molecule has 0 radical (unpaired) electrons. The van der Waals surface area contributed by atoms with Crippen LogP contribution in [-0.2, 0) is 13.1 Å². The Morgan fingerprint density at radius 2 is 1.75 bits per heavy atom. The fourth-order valence-electron chi connectivity index (χ4n) is 2.78. The molecule has 1 N–H and O–H groups in total. The highest BCUT2D eigenvalue weighted by Gasteiger charge is 2.13. The summed E-state index contributed by atoms with van der Waals surface area (Å²) < 4.78 is 5.15. The highest BCUT2D eigenvalue weighted by atomic mass is 16.5. The molecule has 2 aromatic carbocycles. The molecule has 0 saturated carbocycles. The maximum atomic E-state index is 12.6. The maximum absolute atomic E-state index is 12.6. The van der Waals surface area contributed by atoms with Crippen molar-refractivity contribution >= 4 is 11.9 Å². The lowest BCUT2D eigenvalue weighted by molar-refractivity contribution is 0.0945. The number of aromatic nitrogens is 2. The number of methoxy groups -OCH3 is 1. The average Bonchev–Trinajstić information content (AvgIpc) is 2.72. The number of hydrogen-bond acceptors (Lipinski definition) is 5. The smallest absolute Gasteiger partial charge is 0.270 e. The van der Waals surface area contributed by atoms with Crippen LogP contribution in [-0.4, -0.2) is 30.0 Å². The number of rotatable bonds is 7. The number of nitrogens with one attached hydrogen (secondary N) is 1. The molecule has 0 fully saturated rings. The Bertz CT molecular complexity index is 927. The molecular weight excluding hydrogens is 352 g/mol. The first-order valence-electron chi connectivity index (χ1n) is 9.07. The van der Waals surface area contributed by atoms with Gasteiger partial charge in [0.15, 0.2) is 0 Å². The minimum atomic E-state index is -0.226. The number of amides is 1. The zero-order valence-electron chi connectivity index (χ0n) is 16.3. The van der Waals surface area contributed by atoms with Gasteiger partial charge in [0.25, 0.3) is 5.91 Å². The van der Waals surface area contributed by atoms with E-state index in [2.05, 4.69) is 27.4 Å². The van der Waals surface area contributed by atoms with Crippen molar-refractivity contribution < 1.29 is 9.53 Å². The maximum Gasteiger partial charge on any atom is 0.270 e. The number of aryl methyl sites for hydroxylation is 1. The SMILES string of the molecule is COc1ccc(CNC(=O)c2cc(C)nc(N(C)Cc3ccccc3)n2)cc1. The van der Waals surface area contributed by atoms with Gasteiger partial charge >= 0.3 is 0 Å². The molecule has 0 spiro atoms. The molecule has 0 aliphatic heterocycles. The van der Waals surface area contributed by atoms with Crippen LogP contribution >= 0.6 is 0 Å². The van der Waals surface area contributed by atoms with Crippen LogP contribution in [0.15, 0.2) is 60.7 Å². The van der Waals surface area contributed by atoms with Gasteiger partial charge in [0, 0.05) is 25.8 Å². The predicted octanol–water partition coefficient (Wildman–Crippen LogP) is 3.36. The number of ether oxygens (including phenoxy) is 1. The summed E-state index contributed by atoms with van der Waals surface area (Å²) in [5, 5.41) is 2.91. The lowest BCUT2D eigenvalue weighted by Gasteiger charge is -2.18. The largest absolute Gasteiger partial charge is 0.497 e. The fourth-order valence-corrected chi connectivity index (χ4v) is 2.78. The molecule has 1 amide bonds. The zero-order chi connectivity index (χ0) is 19.9. The van der Waals surface area contributed by atoms with Gasteiger partial charge in [0.2, 0.25) is 5.95 Å². The minimum Gasteiger partial charge on any atom is -0.497 e. The van der Waals surface area contributed by atoms with Crippen molar-refractivity contribution in [3.8, 4) is 5.75 Å². The van der Waals surface area contributed by atoms with E-state index in [1.165, 1.54) is 0 Å². The molecule has 6 heteroatoms. The van der Waals surface area contributed by atoms with E-state index in [1.807, 2.05) is 61.3 Å². The van der Waals surface area contributed by atoms with Gasteiger partial charge in [0.05, 0.1) is 7.11 Å². The lowest BCUT2D eigenvalue weighted by Crippen LogP contribution is -2.26. The third-order valence-electron chi connectivity index (χ3n) is 4.29. The zero-order valence-corrected chi connectivity index (χ0v) is 16.3. The first-order valence-corrected chi connectivity index (χ1v) is 9.07. The molecule has 0 bridgehead atoms. The Morgan fingerprint density at radius 3 is 2.43 bits per heavy atom. The molecule has 0 saturated heterocycles. The number of nitrogens with zero attached hydrogens (tertiary/aromatic N) is 3. The number of hydrogen-bond donors (Lipinski definition) is 1. The summed E-state index contributed by atoms with van der Waals surface area (Å²) in [5.41, 5.74) is 3.25. The topological polar surface area (TPSA) is 67.3 Å². The summed E-state index contributed by atoms with van der Waals surface area (Å²) in [7, 11) is 3.54. The standard InChI is InChI=1S/C22H24N4O2/c1-16-13-20(21(27)23-14-17-9-11-19(28-3)12-10-17)25-22(24-16)26(2)15-18-7-5-4-6-8-18/h4-13H,14-15H2,1-3H3,(H,23,27). The molecule has 0 unspecified atom stereocenters. The Hall–Kier alpha value is -3.41. The normalized spacial score (nSPS) is 10.4. The van der Waals surface area contributed by atoms with Crippen LogP contribution in [0.3, 0.4) is 0 Å². The summed E-state index contributed by atoms with van der Waals surface area (Å²) in [4.78, 5) is 23.4. The summed E-state index contributed by atoms with van der Waals surface area (Å²) >= 11 is 0. The van der Waals surface area contributed by atoms with E-state index in [0.717, 1.165) is 22.6 Å². The first kappa shape index (κ1) is 19.4. The van der Waals surface area contributed by atoms with Crippen LogP contribution in [0.25, 0.3) is 0 Å². The van der Waals surface area contributed by atoms with Crippen molar-refractivity contribution in [3.63, 3.8) is 0 Å². The third kappa shape index (κ3) is 5.07. The number of carbonyl (C=O) groups excluding carboxylic acids is 1. The van der Waals surface area contributed by atoms with Crippen molar-refractivity contribution in [1.29, 1.82) is 0 Å². The molecule has 1 aromatic heterocycles. The van der Waals surface area contributed by atoms with E-state index in [9.17, 15) is 4.79 Å². The van der Waals surface area contributed by atoms with Gasteiger partial charge in [0.1, 0.15) is 11.4 Å². The molecule has 3 aromatic rings. The average molecular weight is 376 g/mol. The second kappa shape index (κ2) is 8.99. The van der Waals surface area contributed by atoms with Crippen molar-refractivity contribution in [1.82, 2.24) is 15.3 Å². The second-order valence-electron chi connectivity index (χ2n) is 6.57. The third-order valence-corrected chi connectivity index (χ3v) is 4.29. The van der Waals surface area contributed by atoms with Crippen LogP contribution < -0.4 is 15.0 Å². The van der Waals surface area contributed by atoms with Gasteiger partial charge in [-0.15, -0.1) is 0 Å². The summed E-state index contributed by atoms with van der Waals surface area (Å²) in [5.74, 6) is 1.08. The van der Waals surface area contributed by atoms with E-state index >= 15 is 0 Å². The van der Waals surface area contributed by atoms with E-state index in [1.54, 1.807) is 13.2 Å². The van der Waals surface area contributed by atoms with Gasteiger partial charge in [-0.05, 0) is 36.2 Å². The minimum absolute atomic E-state index is 0.226. The monoisotopic (exact) mass is 376 g/mol. The molecule has 0 aliphatic rings. The van der Waals surface area contributed by atoms with Gasteiger partial charge in [-0.1, -0.05) is 42.5 Å². The van der Waals surface area contributed by atoms with Gasteiger partial charge in [-0.3, -0.25) is 4.79 Å². The van der Waals surface area contributed by atoms with Gasteiger partial charge in [-0.2, -0.15) is 0 Å². The van der Waals surface area contributed by atoms with Crippen LogP contribution in [0.5, 0.6) is 5.75 Å². The Balaban J connectivity index is 1.68. The molecule has 144 valence electrons. The van der Waals surface area contributed by atoms with Crippen LogP contribution in [0, 0.1) is 6.92 Å². The van der Waals surface area contributed by atoms with Crippen LogP contribution in [0.1, 0.15) is 27.3 Å². The van der Waals surface area contributed by atoms with E-state index < -0.39 is 0 Å².